The zero-order valence-electron chi connectivity index (χ0n) is 9.87. The van der Waals surface area contributed by atoms with Crippen molar-refractivity contribution in [2.45, 2.75) is 12.2 Å². The molecule has 2 aliphatic rings. The van der Waals surface area contributed by atoms with E-state index >= 15 is 0 Å². The Morgan fingerprint density at radius 3 is 2.44 bits per heavy atom. The lowest BCUT2D eigenvalue weighted by atomic mass is 10.1. The lowest BCUT2D eigenvalue weighted by Gasteiger charge is -2.40. The molecule has 0 spiro atoms. The molecule has 0 atom stereocenters. The highest BCUT2D eigenvalue weighted by atomic mass is 19.4. The number of nitrogens with zero attached hydrogens (tertiary/aromatic N) is 2. The minimum absolute atomic E-state index is 0.178. The van der Waals surface area contributed by atoms with E-state index in [0.29, 0.717) is 26.3 Å². The summed E-state index contributed by atoms with van der Waals surface area (Å²) in [5.74, 6) is 0. The maximum atomic E-state index is 12.1. The molecule has 104 valence electrons. The Kier molecular flexibility index (Phi) is 3.96. The SMILES string of the molecule is O=C(NC1CN(CC(F)(F)F)C1)N1CCOCC1. The molecule has 2 fully saturated rings. The molecule has 8 heteroatoms. The molecule has 0 aromatic heterocycles. The van der Waals surface area contributed by atoms with Gasteiger partial charge in [-0.3, -0.25) is 4.90 Å². The van der Waals surface area contributed by atoms with Crippen molar-refractivity contribution < 1.29 is 22.7 Å². The third-order valence-corrected chi connectivity index (χ3v) is 2.99. The normalized spacial score (nSPS) is 22.7. The van der Waals surface area contributed by atoms with Gasteiger partial charge in [-0.05, 0) is 0 Å². The van der Waals surface area contributed by atoms with Gasteiger partial charge in [-0.25, -0.2) is 4.79 Å². The van der Waals surface area contributed by atoms with Crippen molar-refractivity contribution in [2.75, 3.05) is 45.9 Å². The summed E-state index contributed by atoms with van der Waals surface area (Å²) >= 11 is 0. The van der Waals surface area contributed by atoms with Crippen molar-refractivity contribution >= 4 is 6.03 Å². The summed E-state index contributed by atoms with van der Waals surface area (Å²) in [5, 5.41) is 2.72. The van der Waals surface area contributed by atoms with E-state index < -0.39 is 12.7 Å². The highest BCUT2D eigenvalue weighted by Crippen LogP contribution is 2.20. The number of amides is 2. The van der Waals surface area contributed by atoms with E-state index in [2.05, 4.69) is 5.32 Å². The Bertz CT molecular complexity index is 299. The van der Waals surface area contributed by atoms with Crippen molar-refractivity contribution in [1.82, 2.24) is 15.1 Å². The summed E-state index contributed by atoms with van der Waals surface area (Å²) in [7, 11) is 0. The summed E-state index contributed by atoms with van der Waals surface area (Å²) < 4.78 is 41.3. The van der Waals surface area contributed by atoms with Crippen molar-refractivity contribution in [3.8, 4) is 0 Å². The van der Waals surface area contributed by atoms with Gasteiger partial charge in [0.2, 0.25) is 0 Å². The molecular weight excluding hydrogens is 251 g/mol. The predicted octanol–water partition coefficient (Wildman–Crippen LogP) is 0.275. The monoisotopic (exact) mass is 267 g/mol. The van der Waals surface area contributed by atoms with Crippen LogP contribution >= 0.6 is 0 Å². The van der Waals surface area contributed by atoms with E-state index in [1.54, 1.807) is 4.90 Å². The molecule has 2 heterocycles. The van der Waals surface area contributed by atoms with Gasteiger partial charge in [-0.15, -0.1) is 0 Å². The number of ether oxygens (including phenoxy) is 1. The van der Waals surface area contributed by atoms with Crippen LogP contribution in [0.25, 0.3) is 0 Å². The second-order valence-corrected chi connectivity index (χ2v) is 4.56. The largest absolute Gasteiger partial charge is 0.401 e. The van der Waals surface area contributed by atoms with Crippen LogP contribution in [-0.2, 0) is 4.74 Å². The Morgan fingerprint density at radius 2 is 1.89 bits per heavy atom. The second-order valence-electron chi connectivity index (χ2n) is 4.56. The fourth-order valence-corrected chi connectivity index (χ4v) is 2.08. The lowest BCUT2D eigenvalue weighted by molar-refractivity contribution is -0.155. The summed E-state index contributed by atoms with van der Waals surface area (Å²) in [5.41, 5.74) is 0. The molecule has 5 nitrogen and oxygen atoms in total. The maximum absolute atomic E-state index is 12.1. The summed E-state index contributed by atoms with van der Waals surface area (Å²) in [6, 6.07) is -0.391. The van der Waals surface area contributed by atoms with E-state index in [1.807, 2.05) is 0 Å². The predicted molar refractivity (Wildman–Crippen MR) is 57.2 cm³/mol. The summed E-state index contributed by atoms with van der Waals surface area (Å²) in [6.07, 6.45) is -4.17. The average molecular weight is 267 g/mol. The van der Waals surface area contributed by atoms with Crippen LogP contribution in [0.1, 0.15) is 0 Å². The van der Waals surface area contributed by atoms with E-state index in [-0.39, 0.29) is 25.2 Å². The Balaban J connectivity index is 1.65. The van der Waals surface area contributed by atoms with Gasteiger partial charge >= 0.3 is 12.2 Å². The smallest absolute Gasteiger partial charge is 0.378 e. The van der Waals surface area contributed by atoms with Crippen molar-refractivity contribution in [2.24, 2.45) is 0 Å². The highest BCUT2D eigenvalue weighted by molar-refractivity contribution is 5.74. The van der Waals surface area contributed by atoms with Crippen LogP contribution < -0.4 is 5.32 Å². The molecular formula is C10H16F3N3O2. The molecule has 2 rings (SSSR count). The molecule has 0 aromatic rings. The van der Waals surface area contributed by atoms with Gasteiger partial charge in [0.1, 0.15) is 0 Å². The van der Waals surface area contributed by atoms with Crippen molar-refractivity contribution in [3.63, 3.8) is 0 Å². The minimum atomic E-state index is -4.17. The van der Waals surface area contributed by atoms with E-state index in [9.17, 15) is 18.0 Å². The molecule has 0 saturated carbocycles. The Labute approximate surface area is 103 Å². The number of likely N-dealkylation sites (tertiary alicyclic amines) is 1. The molecule has 0 radical (unpaired) electrons. The number of carbonyl (C=O) groups is 1. The molecule has 0 unspecified atom stereocenters. The summed E-state index contributed by atoms with van der Waals surface area (Å²) in [6.45, 7) is 1.70. The van der Waals surface area contributed by atoms with Gasteiger partial charge < -0.3 is 15.0 Å². The van der Waals surface area contributed by atoms with Crippen LogP contribution in [0, 0.1) is 0 Å². The average Bonchev–Trinajstić information content (AvgIpc) is 2.25. The number of rotatable bonds is 2. The Morgan fingerprint density at radius 1 is 1.28 bits per heavy atom. The first-order valence-corrected chi connectivity index (χ1v) is 5.86. The van der Waals surface area contributed by atoms with Crippen LogP contribution in [0.2, 0.25) is 0 Å². The molecule has 1 N–H and O–H groups in total. The number of nitrogens with one attached hydrogen (secondary N) is 1. The van der Waals surface area contributed by atoms with Crippen LogP contribution in [-0.4, -0.2) is 74.0 Å². The molecule has 2 aliphatic heterocycles. The first-order valence-electron chi connectivity index (χ1n) is 5.86. The number of alkyl halides is 3. The lowest BCUT2D eigenvalue weighted by Crippen LogP contribution is -2.63. The van der Waals surface area contributed by atoms with Crippen LogP contribution in [0.15, 0.2) is 0 Å². The molecule has 0 aliphatic carbocycles. The maximum Gasteiger partial charge on any atom is 0.401 e. The molecule has 2 amide bonds. The van der Waals surface area contributed by atoms with Gasteiger partial charge in [0.15, 0.2) is 0 Å². The van der Waals surface area contributed by atoms with Gasteiger partial charge in [0, 0.05) is 26.2 Å². The fraction of sp³-hybridized carbons (Fsp3) is 0.900. The van der Waals surface area contributed by atoms with E-state index in [0.717, 1.165) is 0 Å². The van der Waals surface area contributed by atoms with Gasteiger partial charge in [-0.1, -0.05) is 0 Å². The van der Waals surface area contributed by atoms with Crippen LogP contribution in [0.3, 0.4) is 0 Å². The molecule has 0 aromatic carbocycles. The highest BCUT2D eigenvalue weighted by Gasteiger charge is 2.37. The molecule has 0 bridgehead atoms. The van der Waals surface area contributed by atoms with Crippen molar-refractivity contribution in [1.29, 1.82) is 0 Å². The standard InChI is InChI=1S/C10H16F3N3O2/c11-10(12,13)7-15-5-8(6-15)14-9(17)16-1-3-18-4-2-16/h8H,1-7H2,(H,14,17). The third-order valence-electron chi connectivity index (χ3n) is 2.99. The quantitative estimate of drug-likeness (QED) is 0.781. The Hall–Kier alpha value is -1.02. The molecule has 2 saturated heterocycles. The van der Waals surface area contributed by atoms with Gasteiger partial charge in [0.05, 0.1) is 25.8 Å². The zero-order chi connectivity index (χ0) is 13.2. The minimum Gasteiger partial charge on any atom is -0.378 e. The van der Waals surface area contributed by atoms with E-state index in [4.69, 9.17) is 4.74 Å². The number of hydrogen-bond donors (Lipinski definition) is 1. The second kappa shape index (κ2) is 5.31. The van der Waals surface area contributed by atoms with Crippen LogP contribution in [0.4, 0.5) is 18.0 Å². The fourth-order valence-electron chi connectivity index (χ4n) is 2.08. The number of carbonyl (C=O) groups excluding carboxylic acids is 1. The van der Waals surface area contributed by atoms with Gasteiger partial charge in [0.25, 0.3) is 0 Å². The molecule has 18 heavy (non-hydrogen) atoms. The van der Waals surface area contributed by atoms with Gasteiger partial charge in [-0.2, -0.15) is 13.2 Å². The van der Waals surface area contributed by atoms with E-state index in [1.165, 1.54) is 4.90 Å². The number of hydrogen-bond acceptors (Lipinski definition) is 3. The topological polar surface area (TPSA) is 44.8 Å². The number of urea groups is 1. The number of morpholine rings is 1. The third kappa shape index (κ3) is 3.74. The van der Waals surface area contributed by atoms with Crippen molar-refractivity contribution in [3.05, 3.63) is 0 Å². The first-order chi connectivity index (χ1) is 8.44. The summed E-state index contributed by atoms with van der Waals surface area (Å²) in [4.78, 5) is 14.6. The number of halogens is 3. The first kappa shape index (κ1) is 13.4. The van der Waals surface area contributed by atoms with Crippen LogP contribution in [0.5, 0.6) is 0 Å². The zero-order valence-corrected chi connectivity index (χ0v) is 9.87.